The maximum Gasteiger partial charge on any atom is 0.235 e. The fourth-order valence-corrected chi connectivity index (χ4v) is 4.50. The third-order valence-corrected chi connectivity index (χ3v) is 5.96. The number of ether oxygens (including phenoxy) is 1. The number of hydrogen-bond acceptors (Lipinski definition) is 3. The fourth-order valence-electron chi connectivity index (χ4n) is 4.50. The van der Waals surface area contributed by atoms with Crippen molar-refractivity contribution in [2.75, 3.05) is 0 Å². The van der Waals surface area contributed by atoms with Crippen molar-refractivity contribution in [1.82, 2.24) is 0 Å². The van der Waals surface area contributed by atoms with Crippen molar-refractivity contribution in [3.63, 3.8) is 0 Å². The van der Waals surface area contributed by atoms with Crippen LogP contribution in [0.5, 0.6) is 5.75 Å². The molecule has 0 amide bonds. The predicted octanol–water partition coefficient (Wildman–Crippen LogP) is 6.55. The molecule has 1 aromatic heterocycles. The number of para-hydroxylation sites is 1. The van der Waals surface area contributed by atoms with Crippen LogP contribution in [-0.2, 0) is 5.41 Å². The minimum Gasteiger partial charge on any atom is -0.484 e. The van der Waals surface area contributed by atoms with Gasteiger partial charge in [-0.1, -0.05) is 62.4 Å². The second-order valence-electron chi connectivity index (χ2n) is 8.68. The van der Waals surface area contributed by atoms with Crippen molar-refractivity contribution in [2.24, 2.45) is 0 Å². The van der Waals surface area contributed by atoms with E-state index in [1.807, 2.05) is 38.1 Å². The Kier molecular flexibility index (Phi) is 4.11. The summed E-state index contributed by atoms with van der Waals surface area (Å²) in [5.41, 5.74) is 6.20. The van der Waals surface area contributed by atoms with Crippen molar-refractivity contribution in [1.29, 1.82) is 0 Å². The number of hydrogen-bond donors (Lipinski definition) is 0. The Morgan fingerprint density at radius 3 is 2.37 bits per heavy atom. The predicted molar refractivity (Wildman–Crippen MR) is 121 cm³/mol. The highest BCUT2D eigenvalue weighted by molar-refractivity contribution is 5.85. The van der Waals surface area contributed by atoms with Gasteiger partial charge in [0, 0.05) is 11.0 Å². The zero-order valence-corrected chi connectivity index (χ0v) is 17.7. The third-order valence-electron chi connectivity index (χ3n) is 5.96. The second-order valence-corrected chi connectivity index (χ2v) is 8.68. The zero-order valence-electron chi connectivity index (χ0n) is 17.7. The smallest absolute Gasteiger partial charge is 0.235 e. The normalized spacial score (nSPS) is 14.0. The Morgan fingerprint density at radius 2 is 1.57 bits per heavy atom. The summed E-state index contributed by atoms with van der Waals surface area (Å²) in [4.78, 5) is 13.2. The molecule has 1 aliphatic carbocycles. The van der Waals surface area contributed by atoms with Crippen LogP contribution in [0.15, 0.2) is 75.9 Å². The quantitative estimate of drug-likeness (QED) is 0.394. The molecule has 0 fully saturated rings. The molecule has 0 unspecified atom stereocenters. The van der Waals surface area contributed by atoms with Gasteiger partial charge in [-0.15, -0.1) is 0 Å². The number of fused-ring (bicyclic) bond motifs is 4. The summed E-state index contributed by atoms with van der Waals surface area (Å²) in [5, 5.41) is 0.533. The van der Waals surface area contributed by atoms with E-state index in [9.17, 15) is 4.79 Å². The molecule has 0 radical (unpaired) electrons. The number of benzene rings is 3. The molecule has 30 heavy (non-hydrogen) atoms. The Labute approximate surface area is 175 Å². The molecule has 1 aliphatic rings. The van der Waals surface area contributed by atoms with E-state index >= 15 is 0 Å². The Bertz CT molecular complexity index is 1340. The van der Waals surface area contributed by atoms with Crippen molar-refractivity contribution in [2.45, 2.75) is 39.2 Å². The molecule has 3 aromatic carbocycles. The van der Waals surface area contributed by atoms with Gasteiger partial charge >= 0.3 is 0 Å². The SMILES string of the molecule is CC(C)Oc1c(-c2ccc3c(c2)C(C)(C)c2ccccc2-3)oc2ccccc2c1=O. The maximum atomic E-state index is 13.2. The summed E-state index contributed by atoms with van der Waals surface area (Å²) < 4.78 is 12.2. The zero-order chi connectivity index (χ0) is 21.0. The maximum absolute atomic E-state index is 13.2. The molecule has 5 rings (SSSR count). The molecule has 4 aromatic rings. The van der Waals surface area contributed by atoms with Crippen LogP contribution in [0.2, 0.25) is 0 Å². The van der Waals surface area contributed by atoms with E-state index in [2.05, 4.69) is 50.2 Å². The highest BCUT2D eigenvalue weighted by atomic mass is 16.5. The molecule has 0 N–H and O–H groups in total. The summed E-state index contributed by atoms with van der Waals surface area (Å²) in [6, 6.07) is 22.2. The molecule has 0 spiro atoms. The lowest BCUT2D eigenvalue weighted by Gasteiger charge is -2.22. The number of rotatable bonds is 3. The summed E-state index contributed by atoms with van der Waals surface area (Å²) >= 11 is 0. The van der Waals surface area contributed by atoms with Crippen LogP contribution in [0.3, 0.4) is 0 Å². The molecule has 3 nitrogen and oxygen atoms in total. The van der Waals surface area contributed by atoms with E-state index in [-0.39, 0.29) is 22.7 Å². The topological polar surface area (TPSA) is 39.4 Å². The van der Waals surface area contributed by atoms with Crippen molar-refractivity contribution >= 4 is 11.0 Å². The standard InChI is InChI=1S/C27H24O3/c1-16(2)29-26-24(28)20-10-6-8-12-23(20)30-25(26)17-13-14-19-18-9-5-7-11-21(18)27(3,4)22(19)15-17/h5-16H,1-4H3. The Morgan fingerprint density at radius 1 is 0.867 bits per heavy atom. The van der Waals surface area contributed by atoms with Crippen LogP contribution in [0, 0.1) is 0 Å². The molecule has 3 heteroatoms. The van der Waals surface area contributed by atoms with Crippen LogP contribution >= 0.6 is 0 Å². The van der Waals surface area contributed by atoms with E-state index in [4.69, 9.17) is 9.15 Å². The van der Waals surface area contributed by atoms with Crippen molar-refractivity contribution < 1.29 is 9.15 Å². The first kappa shape index (κ1) is 18.7. The molecule has 1 heterocycles. The minimum absolute atomic E-state index is 0.127. The highest BCUT2D eigenvalue weighted by Crippen LogP contribution is 2.49. The lowest BCUT2D eigenvalue weighted by molar-refractivity contribution is 0.236. The average molecular weight is 396 g/mol. The van der Waals surface area contributed by atoms with Gasteiger partial charge in [0.1, 0.15) is 5.58 Å². The van der Waals surface area contributed by atoms with E-state index in [0.29, 0.717) is 16.7 Å². The molecule has 0 saturated carbocycles. The van der Waals surface area contributed by atoms with Gasteiger partial charge in [-0.3, -0.25) is 4.79 Å². The van der Waals surface area contributed by atoms with Crippen LogP contribution < -0.4 is 10.2 Å². The monoisotopic (exact) mass is 396 g/mol. The molecule has 0 atom stereocenters. The van der Waals surface area contributed by atoms with Crippen LogP contribution in [0.4, 0.5) is 0 Å². The van der Waals surface area contributed by atoms with Gasteiger partial charge < -0.3 is 9.15 Å². The van der Waals surface area contributed by atoms with Gasteiger partial charge in [-0.05, 0) is 54.3 Å². The van der Waals surface area contributed by atoms with Crippen molar-refractivity contribution in [3.05, 3.63) is 88.1 Å². The third kappa shape index (κ3) is 2.69. The van der Waals surface area contributed by atoms with Crippen molar-refractivity contribution in [3.8, 4) is 28.2 Å². The molecule has 0 saturated heterocycles. The first-order chi connectivity index (χ1) is 14.4. The fraction of sp³-hybridized carbons (Fsp3) is 0.222. The average Bonchev–Trinajstić information content (AvgIpc) is 2.97. The second kappa shape index (κ2) is 6.60. The lowest BCUT2D eigenvalue weighted by Crippen LogP contribution is -2.16. The van der Waals surface area contributed by atoms with Crippen LogP contribution in [0.1, 0.15) is 38.8 Å². The Hall–Kier alpha value is -3.33. The highest BCUT2D eigenvalue weighted by Gasteiger charge is 2.35. The van der Waals surface area contributed by atoms with Gasteiger partial charge in [-0.2, -0.15) is 0 Å². The van der Waals surface area contributed by atoms with E-state index in [0.717, 1.165) is 5.56 Å². The summed E-state index contributed by atoms with van der Waals surface area (Å²) in [6.07, 6.45) is -0.136. The molecule has 150 valence electrons. The van der Waals surface area contributed by atoms with E-state index in [1.165, 1.54) is 22.3 Å². The van der Waals surface area contributed by atoms with Gasteiger partial charge in [0.25, 0.3) is 0 Å². The Balaban J connectivity index is 1.77. The molecule has 0 bridgehead atoms. The molecular formula is C27H24O3. The first-order valence-corrected chi connectivity index (χ1v) is 10.3. The molecular weight excluding hydrogens is 372 g/mol. The first-order valence-electron chi connectivity index (χ1n) is 10.3. The van der Waals surface area contributed by atoms with Crippen LogP contribution in [-0.4, -0.2) is 6.10 Å². The summed E-state index contributed by atoms with van der Waals surface area (Å²) in [5.74, 6) is 0.763. The van der Waals surface area contributed by atoms with E-state index in [1.54, 1.807) is 6.07 Å². The summed E-state index contributed by atoms with van der Waals surface area (Å²) in [6.45, 7) is 8.31. The van der Waals surface area contributed by atoms with Crippen LogP contribution in [0.25, 0.3) is 33.4 Å². The molecule has 0 aliphatic heterocycles. The summed E-state index contributed by atoms with van der Waals surface area (Å²) in [7, 11) is 0. The van der Waals surface area contributed by atoms with Gasteiger partial charge in [0.05, 0.1) is 11.5 Å². The lowest BCUT2D eigenvalue weighted by atomic mass is 9.82. The minimum atomic E-state index is -0.136. The van der Waals surface area contributed by atoms with Gasteiger partial charge in [0.15, 0.2) is 5.76 Å². The van der Waals surface area contributed by atoms with Gasteiger partial charge in [0.2, 0.25) is 11.2 Å². The largest absolute Gasteiger partial charge is 0.484 e. The van der Waals surface area contributed by atoms with Gasteiger partial charge in [-0.25, -0.2) is 0 Å². The van der Waals surface area contributed by atoms with E-state index < -0.39 is 0 Å².